The fraction of sp³-hybridized carbons (Fsp3) is 0.167. The van der Waals surface area contributed by atoms with Gasteiger partial charge < -0.3 is 9.84 Å². The Morgan fingerprint density at radius 1 is 1.21 bits per heavy atom. The van der Waals surface area contributed by atoms with Gasteiger partial charge in [-0.1, -0.05) is 12.1 Å². The predicted molar refractivity (Wildman–Crippen MR) is 89.8 cm³/mol. The van der Waals surface area contributed by atoms with E-state index in [1.54, 1.807) is 20.1 Å². The van der Waals surface area contributed by atoms with Crippen LogP contribution in [0.3, 0.4) is 0 Å². The van der Waals surface area contributed by atoms with Crippen LogP contribution >= 0.6 is 0 Å². The molecular weight excluding hydrogens is 308 g/mol. The molecule has 3 aromatic rings. The number of carboxylic acids is 1. The topological polar surface area (TPSA) is 81.4 Å². The van der Waals surface area contributed by atoms with E-state index in [9.17, 15) is 9.59 Å². The van der Waals surface area contributed by atoms with Crippen LogP contribution in [0.5, 0.6) is 5.75 Å². The molecule has 0 radical (unpaired) electrons. The van der Waals surface area contributed by atoms with E-state index in [1.807, 2.05) is 24.3 Å². The maximum absolute atomic E-state index is 12.8. The summed E-state index contributed by atoms with van der Waals surface area (Å²) in [6.07, 6.45) is 0. The summed E-state index contributed by atoms with van der Waals surface area (Å²) in [5, 5.41) is 9.40. The molecule has 3 rings (SSSR count). The molecule has 0 atom stereocenters. The zero-order valence-electron chi connectivity index (χ0n) is 13.3. The molecule has 122 valence electrons. The van der Waals surface area contributed by atoms with Crippen molar-refractivity contribution in [2.75, 3.05) is 7.11 Å². The van der Waals surface area contributed by atoms with Gasteiger partial charge in [-0.3, -0.25) is 9.36 Å². The number of ether oxygens (including phenoxy) is 1. The highest BCUT2D eigenvalue weighted by molar-refractivity contribution is 5.93. The van der Waals surface area contributed by atoms with Gasteiger partial charge in [0, 0.05) is 0 Å². The van der Waals surface area contributed by atoms with Gasteiger partial charge in [0.15, 0.2) is 0 Å². The van der Waals surface area contributed by atoms with Gasteiger partial charge in [0.05, 0.1) is 30.1 Å². The number of nitrogens with zero attached hydrogens (tertiary/aromatic N) is 2. The van der Waals surface area contributed by atoms with Crippen LogP contribution in [0.1, 0.15) is 21.7 Å². The Morgan fingerprint density at radius 3 is 2.54 bits per heavy atom. The second-order valence-corrected chi connectivity index (χ2v) is 5.44. The molecule has 0 amide bonds. The highest BCUT2D eigenvalue weighted by Crippen LogP contribution is 2.15. The first-order chi connectivity index (χ1) is 11.5. The van der Waals surface area contributed by atoms with Gasteiger partial charge in [0.1, 0.15) is 11.6 Å². The molecule has 0 fully saturated rings. The van der Waals surface area contributed by atoms with E-state index in [-0.39, 0.29) is 11.1 Å². The maximum atomic E-state index is 12.8. The Balaban J connectivity index is 2.09. The fourth-order valence-electron chi connectivity index (χ4n) is 2.56. The molecular formula is C18H16N2O4. The summed E-state index contributed by atoms with van der Waals surface area (Å²) in [5.74, 6) is 0.246. The second kappa shape index (κ2) is 6.16. The lowest BCUT2D eigenvalue weighted by Crippen LogP contribution is -2.24. The van der Waals surface area contributed by atoms with Crippen molar-refractivity contribution in [3.8, 4) is 5.75 Å². The summed E-state index contributed by atoms with van der Waals surface area (Å²) < 4.78 is 6.66. The number of aromatic carboxylic acids is 1. The molecule has 0 aliphatic rings. The standard InChI is InChI=1S/C18H16N2O4/c1-11-19-16-8-5-13(18(22)23)9-15(16)17(21)20(11)10-12-3-6-14(24-2)7-4-12/h3-9H,10H2,1-2H3,(H,22,23). The molecule has 0 unspecified atom stereocenters. The minimum atomic E-state index is -1.07. The highest BCUT2D eigenvalue weighted by Gasteiger charge is 2.11. The number of methoxy groups -OCH3 is 1. The van der Waals surface area contributed by atoms with E-state index in [0.717, 1.165) is 11.3 Å². The molecule has 1 aromatic heterocycles. The lowest BCUT2D eigenvalue weighted by Gasteiger charge is -2.11. The Hall–Kier alpha value is -3.15. The average molecular weight is 324 g/mol. The molecule has 1 N–H and O–H groups in total. The Labute approximate surface area is 138 Å². The van der Waals surface area contributed by atoms with Crippen LogP contribution in [-0.2, 0) is 6.54 Å². The van der Waals surface area contributed by atoms with Crippen molar-refractivity contribution < 1.29 is 14.6 Å². The van der Waals surface area contributed by atoms with Crippen LogP contribution in [0.25, 0.3) is 10.9 Å². The molecule has 0 bridgehead atoms. The quantitative estimate of drug-likeness (QED) is 0.797. The minimum Gasteiger partial charge on any atom is -0.497 e. The van der Waals surface area contributed by atoms with E-state index < -0.39 is 5.97 Å². The zero-order valence-corrected chi connectivity index (χ0v) is 13.3. The van der Waals surface area contributed by atoms with E-state index >= 15 is 0 Å². The molecule has 2 aromatic carbocycles. The zero-order chi connectivity index (χ0) is 17.3. The largest absolute Gasteiger partial charge is 0.497 e. The molecule has 24 heavy (non-hydrogen) atoms. The highest BCUT2D eigenvalue weighted by atomic mass is 16.5. The number of carbonyl (C=O) groups is 1. The molecule has 0 aliphatic heterocycles. The molecule has 6 nitrogen and oxygen atoms in total. The van der Waals surface area contributed by atoms with Gasteiger partial charge in [-0.15, -0.1) is 0 Å². The predicted octanol–water partition coefficient (Wildman–Crippen LogP) is 2.46. The van der Waals surface area contributed by atoms with Gasteiger partial charge in [-0.25, -0.2) is 9.78 Å². The fourth-order valence-corrected chi connectivity index (χ4v) is 2.56. The van der Waals surface area contributed by atoms with Crippen LogP contribution in [-0.4, -0.2) is 27.7 Å². The molecule has 0 spiro atoms. The summed E-state index contributed by atoms with van der Waals surface area (Å²) in [4.78, 5) is 28.3. The van der Waals surface area contributed by atoms with E-state index in [1.165, 1.54) is 16.7 Å². The van der Waals surface area contributed by atoms with Crippen molar-refractivity contribution in [1.29, 1.82) is 0 Å². The van der Waals surface area contributed by atoms with E-state index in [2.05, 4.69) is 4.98 Å². The van der Waals surface area contributed by atoms with Gasteiger partial charge in [0.25, 0.3) is 5.56 Å². The van der Waals surface area contributed by atoms with E-state index in [4.69, 9.17) is 9.84 Å². The van der Waals surface area contributed by atoms with Crippen LogP contribution in [0.4, 0.5) is 0 Å². The van der Waals surface area contributed by atoms with Gasteiger partial charge in [0.2, 0.25) is 0 Å². The summed E-state index contributed by atoms with van der Waals surface area (Å²) in [6.45, 7) is 2.12. The minimum absolute atomic E-state index is 0.0706. The average Bonchev–Trinajstić information content (AvgIpc) is 2.58. The molecule has 6 heteroatoms. The van der Waals surface area contributed by atoms with Crippen LogP contribution in [0.2, 0.25) is 0 Å². The SMILES string of the molecule is COc1ccc(Cn2c(C)nc3ccc(C(=O)O)cc3c2=O)cc1. The number of benzene rings is 2. The normalized spacial score (nSPS) is 10.8. The molecule has 0 aliphatic carbocycles. The summed E-state index contributed by atoms with van der Waals surface area (Å²) in [5.41, 5.74) is 1.24. The van der Waals surface area contributed by atoms with Crippen molar-refractivity contribution in [3.05, 3.63) is 69.8 Å². The number of aryl methyl sites for hydroxylation is 1. The third-order valence-corrected chi connectivity index (χ3v) is 3.89. The smallest absolute Gasteiger partial charge is 0.335 e. The number of hydrogen-bond acceptors (Lipinski definition) is 4. The van der Waals surface area contributed by atoms with Crippen molar-refractivity contribution in [1.82, 2.24) is 9.55 Å². The molecule has 0 saturated heterocycles. The van der Waals surface area contributed by atoms with Gasteiger partial charge >= 0.3 is 5.97 Å². The first kappa shape index (κ1) is 15.7. The van der Waals surface area contributed by atoms with Crippen molar-refractivity contribution >= 4 is 16.9 Å². The van der Waals surface area contributed by atoms with Crippen LogP contribution in [0.15, 0.2) is 47.3 Å². The van der Waals surface area contributed by atoms with Gasteiger partial charge in [-0.05, 0) is 42.8 Å². The Kier molecular flexibility index (Phi) is 4.04. The molecule has 1 heterocycles. The van der Waals surface area contributed by atoms with E-state index in [0.29, 0.717) is 23.3 Å². The molecule has 0 saturated carbocycles. The second-order valence-electron chi connectivity index (χ2n) is 5.44. The number of fused-ring (bicyclic) bond motifs is 1. The third-order valence-electron chi connectivity index (χ3n) is 3.89. The van der Waals surface area contributed by atoms with Crippen LogP contribution < -0.4 is 10.3 Å². The van der Waals surface area contributed by atoms with Gasteiger partial charge in [-0.2, -0.15) is 0 Å². The third kappa shape index (κ3) is 2.86. The summed E-state index contributed by atoms with van der Waals surface area (Å²) in [6, 6.07) is 11.8. The Bertz CT molecular complexity index is 975. The number of carboxylic acid groups (broad SMARTS) is 1. The number of hydrogen-bond donors (Lipinski definition) is 1. The monoisotopic (exact) mass is 324 g/mol. The first-order valence-electron chi connectivity index (χ1n) is 7.37. The van der Waals surface area contributed by atoms with Crippen molar-refractivity contribution in [2.45, 2.75) is 13.5 Å². The Morgan fingerprint density at radius 2 is 1.92 bits per heavy atom. The lowest BCUT2D eigenvalue weighted by molar-refractivity contribution is 0.0697. The van der Waals surface area contributed by atoms with Crippen molar-refractivity contribution in [3.63, 3.8) is 0 Å². The lowest BCUT2D eigenvalue weighted by atomic mass is 10.1. The summed E-state index contributed by atoms with van der Waals surface area (Å²) >= 11 is 0. The summed E-state index contributed by atoms with van der Waals surface area (Å²) in [7, 11) is 1.59. The maximum Gasteiger partial charge on any atom is 0.335 e. The first-order valence-corrected chi connectivity index (χ1v) is 7.37. The van der Waals surface area contributed by atoms with Crippen LogP contribution in [0, 0.1) is 6.92 Å². The number of rotatable bonds is 4. The number of aromatic nitrogens is 2. The van der Waals surface area contributed by atoms with Crippen molar-refractivity contribution in [2.24, 2.45) is 0 Å².